The molecule has 110 valence electrons. The van der Waals surface area contributed by atoms with Crippen LogP contribution in [0.4, 0.5) is 10.3 Å². The first-order valence-electron chi connectivity index (χ1n) is 6.96. The van der Waals surface area contributed by atoms with E-state index in [1.165, 1.54) is 0 Å². The number of aromatic nitrogens is 2. The summed E-state index contributed by atoms with van der Waals surface area (Å²) in [4.78, 5) is 14.5. The monoisotopic (exact) mass is 281 g/mol. The lowest BCUT2D eigenvalue weighted by atomic mass is 10.1. The van der Waals surface area contributed by atoms with Crippen LogP contribution in [0.1, 0.15) is 0 Å². The lowest BCUT2D eigenvalue weighted by molar-refractivity contribution is 0.0512. The zero-order valence-electron chi connectivity index (χ0n) is 11.6. The molecule has 0 bridgehead atoms. The van der Waals surface area contributed by atoms with Gasteiger partial charge in [-0.25, -0.2) is 14.4 Å². The minimum Gasteiger partial charge on any atom is -0.390 e. The molecule has 1 N–H and O–H groups in total. The van der Waals surface area contributed by atoms with E-state index in [1.807, 2.05) is 4.90 Å². The van der Waals surface area contributed by atoms with E-state index in [1.54, 1.807) is 0 Å². The number of piperazine rings is 1. The van der Waals surface area contributed by atoms with E-state index in [4.69, 9.17) is 0 Å². The van der Waals surface area contributed by atoms with Crippen molar-refractivity contribution >= 4 is 5.95 Å². The molecule has 6 nitrogen and oxygen atoms in total. The number of anilines is 1. The molecule has 7 heteroatoms. The molecule has 0 radical (unpaired) electrons. The van der Waals surface area contributed by atoms with Gasteiger partial charge in [0.25, 0.3) is 0 Å². The molecule has 0 aromatic carbocycles. The van der Waals surface area contributed by atoms with E-state index >= 15 is 0 Å². The van der Waals surface area contributed by atoms with Crippen LogP contribution in [-0.2, 0) is 0 Å². The van der Waals surface area contributed by atoms with Gasteiger partial charge in [-0.05, 0) is 7.05 Å². The first-order chi connectivity index (χ1) is 9.63. The molecule has 0 unspecified atom stereocenters. The lowest BCUT2D eigenvalue weighted by Gasteiger charge is -2.37. The predicted octanol–water partition coefficient (Wildman–Crippen LogP) is -0.587. The Hall–Kier alpha value is -1.31. The Labute approximate surface area is 117 Å². The highest BCUT2D eigenvalue weighted by atomic mass is 19.1. The number of hydrogen-bond acceptors (Lipinski definition) is 6. The van der Waals surface area contributed by atoms with Gasteiger partial charge in [-0.1, -0.05) is 0 Å². The third-order valence-electron chi connectivity index (χ3n) is 4.16. The molecule has 20 heavy (non-hydrogen) atoms. The van der Waals surface area contributed by atoms with Crippen molar-refractivity contribution in [3.8, 4) is 0 Å². The first-order valence-corrected chi connectivity index (χ1v) is 6.96. The Morgan fingerprint density at radius 2 is 1.80 bits per heavy atom. The van der Waals surface area contributed by atoms with Gasteiger partial charge in [-0.2, -0.15) is 0 Å². The Balaban J connectivity index is 1.66. The predicted molar refractivity (Wildman–Crippen MR) is 73.1 cm³/mol. The quantitative estimate of drug-likeness (QED) is 0.782. The number of halogens is 1. The standard InChI is InChI=1S/C13H20FN5O/c1-17-2-4-18(5-3-17)11-8-19(9-12(11)20)13-15-6-10(14)7-16-13/h6-7,11-12,20H,2-5,8-9H2,1H3/t11-,12-/m0/s1. The molecule has 2 aliphatic heterocycles. The highest BCUT2D eigenvalue weighted by Crippen LogP contribution is 2.21. The van der Waals surface area contributed by atoms with Gasteiger partial charge < -0.3 is 14.9 Å². The Kier molecular flexibility index (Phi) is 3.82. The smallest absolute Gasteiger partial charge is 0.225 e. The number of hydrogen-bond donors (Lipinski definition) is 1. The molecule has 2 fully saturated rings. The minimum atomic E-state index is -0.441. The molecule has 0 spiro atoms. The van der Waals surface area contributed by atoms with Crippen molar-refractivity contribution in [1.29, 1.82) is 0 Å². The van der Waals surface area contributed by atoms with Crippen molar-refractivity contribution in [2.24, 2.45) is 0 Å². The molecule has 0 amide bonds. The topological polar surface area (TPSA) is 55.7 Å². The molecule has 2 saturated heterocycles. The molecule has 2 aliphatic rings. The van der Waals surface area contributed by atoms with Gasteiger partial charge in [0, 0.05) is 39.3 Å². The van der Waals surface area contributed by atoms with E-state index in [2.05, 4.69) is 26.8 Å². The van der Waals surface area contributed by atoms with E-state index in [0.29, 0.717) is 19.0 Å². The van der Waals surface area contributed by atoms with Crippen molar-refractivity contribution in [3.63, 3.8) is 0 Å². The fourth-order valence-electron chi connectivity index (χ4n) is 2.91. The van der Waals surface area contributed by atoms with Crippen LogP contribution >= 0.6 is 0 Å². The molecule has 2 atom stereocenters. The normalized spacial score (nSPS) is 29.1. The molecule has 0 aliphatic carbocycles. The summed E-state index contributed by atoms with van der Waals surface area (Å²) < 4.78 is 12.8. The summed E-state index contributed by atoms with van der Waals surface area (Å²) >= 11 is 0. The molecular formula is C13H20FN5O. The summed E-state index contributed by atoms with van der Waals surface area (Å²) in [6.07, 6.45) is 1.92. The van der Waals surface area contributed by atoms with Gasteiger partial charge >= 0.3 is 0 Å². The lowest BCUT2D eigenvalue weighted by Crippen LogP contribution is -2.52. The fraction of sp³-hybridized carbons (Fsp3) is 0.692. The molecule has 3 rings (SSSR count). The summed E-state index contributed by atoms with van der Waals surface area (Å²) in [6.45, 7) is 5.18. The highest BCUT2D eigenvalue weighted by Gasteiger charge is 2.37. The number of aliphatic hydroxyl groups is 1. The second-order valence-corrected chi connectivity index (χ2v) is 5.58. The third-order valence-corrected chi connectivity index (χ3v) is 4.16. The summed E-state index contributed by atoms with van der Waals surface area (Å²) in [7, 11) is 2.11. The van der Waals surface area contributed by atoms with E-state index in [9.17, 15) is 9.50 Å². The van der Waals surface area contributed by atoms with Crippen LogP contribution in [0.3, 0.4) is 0 Å². The van der Waals surface area contributed by atoms with Crippen LogP contribution in [0.15, 0.2) is 12.4 Å². The second kappa shape index (κ2) is 5.59. The van der Waals surface area contributed by atoms with Crippen LogP contribution in [0.5, 0.6) is 0 Å². The Morgan fingerprint density at radius 1 is 1.15 bits per heavy atom. The number of aliphatic hydroxyl groups excluding tert-OH is 1. The number of likely N-dealkylation sites (N-methyl/N-ethyl adjacent to an activating group) is 1. The Morgan fingerprint density at radius 3 is 2.45 bits per heavy atom. The van der Waals surface area contributed by atoms with Gasteiger partial charge in [0.15, 0.2) is 5.82 Å². The maximum Gasteiger partial charge on any atom is 0.225 e. The highest BCUT2D eigenvalue weighted by molar-refractivity contribution is 5.32. The van der Waals surface area contributed by atoms with Gasteiger partial charge in [-0.3, -0.25) is 4.90 Å². The third kappa shape index (κ3) is 2.74. The summed E-state index contributed by atoms with van der Waals surface area (Å²) in [5, 5.41) is 10.3. The van der Waals surface area contributed by atoms with Crippen molar-refractivity contribution in [1.82, 2.24) is 19.8 Å². The average Bonchev–Trinajstić information content (AvgIpc) is 2.82. The molecule has 3 heterocycles. The largest absolute Gasteiger partial charge is 0.390 e. The second-order valence-electron chi connectivity index (χ2n) is 5.58. The Bertz CT molecular complexity index is 449. The van der Waals surface area contributed by atoms with Crippen LogP contribution < -0.4 is 4.90 Å². The van der Waals surface area contributed by atoms with Gasteiger partial charge in [0.2, 0.25) is 5.95 Å². The summed E-state index contributed by atoms with van der Waals surface area (Å²) in [6, 6.07) is 0.109. The van der Waals surface area contributed by atoms with Gasteiger partial charge in [-0.15, -0.1) is 0 Å². The summed E-state index contributed by atoms with van der Waals surface area (Å²) in [5.74, 6) is 0.0474. The van der Waals surface area contributed by atoms with E-state index in [0.717, 1.165) is 38.6 Å². The minimum absolute atomic E-state index is 0.109. The fourth-order valence-corrected chi connectivity index (χ4v) is 2.91. The molecule has 0 saturated carbocycles. The van der Waals surface area contributed by atoms with E-state index < -0.39 is 11.9 Å². The zero-order chi connectivity index (χ0) is 14.1. The number of nitrogens with zero attached hydrogens (tertiary/aromatic N) is 5. The van der Waals surface area contributed by atoms with E-state index in [-0.39, 0.29) is 6.04 Å². The van der Waals surface area contributed by atoms with Crippen molar-refractivity contribution in [2.45, 2.75) is 12.1 Å². The van der Waals surface area contributed by atoms with Crippen molar-refractivity contribution in [3.05, 3.63) is 18.2 Å². The number of rotatable bonds is 2. The number of β-amino-alcohol motifs (C(OH)–C–C–N with tert-alkyl or cyclic N) is 1. The SMILES string of the molecule is CN1CCN([C@H]2CN(c3ncc(F)cn3)C[C@@H]2O)CC1. The van der Waals surface area contributed by atoms with Crippen molar-refractivity contribution < 1.29 is 9.50 Å². The maximum atomic E-state index is 12.8. The van der Waals surface area contributed by atoms with Crippen LogP contribution in [0.2, 0.25) is 0 Å². The van der Waals surface area contributed by atoms with Crippen LogP contribution in [0, 0.1) is 5.82 Å². The van der Waals surface area contributed by atoms with Crippen LogP contribution in [-0.4, -0.2) is 83.3 Å². The van der Waals surface area contributed by atoms with Crippen molar-refractivity contribution in [2.75, 3.05) is 51.2 Å². The van der Waals surface area contributed by atoms with Crippen LogP contribution in [0.25, 0.3) is 0 Å². The zero-order valence-corrected chi connectivity index (χ0v) is 11.6. The molecular weight excluding hydrogens is 261 g/mol. The van der Waals surface area contributed by atoms with Gasteiger partial charge in [0.1, 0.15) is 0 Å². The molecule has 1 aromatic heterocycles. The first kappa shape index (κ1) is 13.7. The maximum absolute atomic E-state index is 12.8. The van der Waals surface area contributed by atoms with Gasteiger partial charge in [0.05, 0.1) is 24.5 Å². The average molecular weight is 281 g/mol. The molecule has 1 aromatic rings. The summed E-state index contributed by atoms with van der Waals surface area (Å²) in [5.41, 5.74) is 0.